The van der Waals surface area contributed by atoms with Crippen LogP contribution in [0.15, 0.2) is 42.5 Å². The summed E-state index contributed by atoms with van der Waals surface area (Å²) in [7, 11) is 3.96. The minimum Gasteiger partial charge on any atom is -0.462 e. The molecule has 8 heteroatoms. The van der Waals surface area contributed by atoms with E-state index in [1.165, 1.54) is 34.9 Å². The van der Waals surface area contributed by atoms with Gasteiger partial charge in [-0.25, -0.2) is 0 Å². The molecule has 0 radical (unpaired) electrons. The molecule has 0 saturated carbocycles. The number of hydrogen-bond acceptors (Lipinski definition) is 8. The number of aromatic nitrogens is 2. The number of nitrogens with one attached hydrogen (secondary N) is 1. The normalized spacial score (nSPS) is 22.2. The summed E-state index contributed by atoms with van der Waals surface area (Å²) >= 11 is 0. The summed E-state index contributed by atoms with van der Waals surface area (Å²) in [5.74, 6) is 1.06. The first-order valence-corrected chi connectivity index (χ1v) is 14.1. The van der Waals surface area contributed by atoms with Crippen LogP contribution in [0.3, 0.4) is 0 Å². The number of anilines is 2. The van der Waals surface area contributed by atoms with E-state index in [4.69, 9.17) is 19.4 Å². The average Bonchev–Trinajstić information content (AvgIpc) is 3.38. The number of nitrogens with zero attached hydrogens (tertiary/aromatic N) is 5. The molecular weight excluding hydrogens is 476 g/mol. The van der Waals surface area contributed by atoms with Gasteiger partial charge in [0.05, 0.1) is 12.2 Å². The minimum absolute atomic E-state index is 0.390. The van der Waals surface area contributed by atoms with Crippen LogP contribution in [0.1, 0.15) is 30.5 Å². The molecule has 1 aromatic heterocycles. The monoisotopic (exact) mass is 516 g/mol. The fraction of sp³-hybridized carbons (Fsp3) is 0.533. The van der Waals surface area contributed by atoms with E-state index >= 15 is 0 Å². The maximum absolute atomic E-state index is 6.32. The van der Waals surface area contributed by atoms with Crippen molar-refractivity contribution < 1.29 is 9.47 Å². The molecule has 0 bridgehead atoms. The Bertz CT molecular complexity index is 1250. The first kappa shape index (κ1) is 25.3. The highest BCUT2D eigenvalue weighted by Gasteiger charge is 2.29. The third-order valence-electron chi connectivity index (χ3n) is 8.43. The Kier molecular flexibility index (Phi) is 7.63. The number of methoxy groups -OCH3 is 1. The van der Waals surface area contributed by atoms with Gasteiger partial charge in [0.1, 0.15) is 12.4 Å². The van der Waals surface area contributed by atoms with Gasteiger partial charge in [0.25, 0.3) is 0 Å². The van der Waals surface area contributed by atoms with Gasteiger partial charge in [-0.15, -0.1) is 0 Å². The largest absolute Gasteiger partial charge is 0.462 e. The van der Waals surface area contributed by atoms with Crippen LogP contribution in [0.25, 0.3) is 10.8 Å². The van der Waals surface area contributed by atoms with E-state index in [0.717, 1.165) is 70.2 Å². The van der Waals surface area contributed by atoms with Crippen molar-refractivity contribution in [3.8, 4) is 6.01 Å². The predicted molar refractivity (Wildman–Crippen MR) is 152 cm³/mol. The molecule has 3 aliphatic heterocycles. The molecule has 2 fully saturated rings. The number of likely N-dealkylation sites (N-methyl/N-ethyl adjacent to an activating group) is 1. The second kappa shape index (κ2) is 11.4. The van der Waals surface area contributed by atoms with Gasteiger partial charge in [-0.1, -0.05) is 36.4 Å². The Hall–Kier alpha value is -2.94. The second-order valence-corrected chi connectivity index (χ2v) is 10.9. The van der Waals surface area contributed by atoms with Crippen molar-refractivity contribution in [3.63, 3.8) is 0 Å². The summed E-state index contributed by atoms with van der Waals surface area (Å²) in [6.45, 7) is 7.04. The van der Waals surface area contributed by atoms with E-state index in [-0.39, 0.29) is 0 Å². The Balaban J connectivity index is 1.30. The maximum atomic E-state index is 6.32. The van der Waals surface area contributed by atoms with Crippen molar-refractivity contribution in [1.29, 1.82) is 0 Å². The van der Waals surface area contributed by atoms with Gasteiger partial charge in [0.2, 0.25) is 0 Å². The molecule has 3 aromatic rings. The lowest BCUT2D eigenvalue weighted by Gasteiger charge is -2.38. The Morgan fingerprint density at radius 2 is 1.92 bits per heavy atom. The maximum Gasteiger partial charge on any atom is 0.318 e. The standard InChI is InChI=1S/C30H40N6O2/c1-34-15-6-9-24(34)21-38-30-32-27-20-35(28-11-5-8-22-7-3-4-10-25(22)28)16-12-26(27)29(33-30)36-17-14-31-23(19-36)13-18-37-2/h3-5,7-8,10-11,23-24,31H,6,9,12-21H2,1-2H3/t23-,24?/m0/s1. The highest BCUT2D eigenvalue weighted by molar-refractivity contribution is 5.94. The predicted octanol–water partition coefficient (Wildman–Crippen LogP) is 3.48. The molecule has 202 valence electrons. The average molecular weight is 517 g/mol. The van der Waals surface area contributed by atoms with Crippen molar-refractivity contribution in [2.45, 2.75) is 44.3 Å². The molecule has 0 spiro atoms. The van der Waals surface area contributed by atoms with E-state index in [0.29, 0.717) is 24.7 Å². The van der Waals surface area contributed by atoms with Crippen molar-refractivity contribution in [3.05, 3.63) is 53.7 Å². The topological polar surface area (TPSA) is 66.0 Å². The number of piperazine rings is 1. The molecule has 2 atom stereocenters. The smallest absolute Gasteiger partial charge is 0.318 e. The number of likely N-dealkylation sites (tertiary alicyclic amines) is 1. The SMILES string of the molecule is COCC[C@H]1CN(c2nc(OCC3CCCN3C)nc3c2CCN(c2cccc4ccccc24)C3)CCN1. The number of fused-ring (bicyclic) bond motifs is 2. The van der Waals surface area contributed by atoms with E-state index in [2.05, 4.69) is 69.5 Å². The van der Waals surface area contributed by atoms with Gasteiger partial charge in [-0.05, 0) is 50.7 Å². The fourth-order valence-electron chi connectivity index (χ4n) is 6.24. The molecule has 1 unspecified atom stereocenters. The van der Waals surface area contributed by atoms with Crippen LogP contribution in [0.2, 0.25) is 0 Å². The van der Waals surface area contributed by atoms with Crippen molar-refractivity contribution in [1.82, 2.24) is 20.2 Å². The third-order valence-corrected chi connectivity index (χ3v) is 8.43. The van der Waals surface area contributed by atoms with Gasteiger partial charge >= 0.3 is 6.01 Å². The molecule has 8 nitrogen and oxygen atoms in total. The molecule has 0 aliphatic carbocycles. The van der Waals surface area contributed by atoms with Gasteiger partial charge in [0.15, 0.2) is 0 Å². The van der Waals surface area contributed by atoms with Gasteiger partial charge in [-0.3, -0.25) is 0 Å². The quantitative estimate of drug-likeness (QED) is 0.488. The molecular formula is C30H40N6O2. The van der Waals surface area contributed by atoms with Crippen LogP contribution in [-0.4, -0.2) is 87.0 Å². The lowest BCUT2D eigenvalue weighted by atomic mass is 10.0. The van der Waals surface area contributed by atoms with Crippen LogP contribution in [-0.2, 0) is 17.7 Å². The van der Waals surface area contributed by atoms with Crippen LogP contribution >= 0.6 is 0 Å². The highest BCUT2D eigenvalue weighted by Crippen LogP contribution is 2.34. The number of rotatable bonds is 8. The van der Waals surface area contributed by atoms with E-state index in [1.54, 1.807) is 7.11 Å². The number of ether oxygens (including phenoxy) is 2. The summed E-state index contributed by atoms with van der Waals surface area (Å²) in [4.78, 5) is 17.4. The molecule has 4 heterocycles. The zero-order valence-corrected chi connectivity index (χ0v) is 22.7. The van der Waals surface area contributed by atoms with Crippen molar-refractivity contribution in [2.24, 2.45) is 0 Å². The minimum atomic E-state index is 0.390. The van der Waals surface area contributed by atoms with Crippen molar-refractivity contribution >= 4 is 22.3 Å². The first-order valence-electron chi connectivity index (χ1n) is 14.1. The molecule has 3 aliphatic rings. The number of benzene rings is 2. The summed E-state index contributed by atoms with van der Waals surface area (Å²) in [6.07, 6.45) is 4.31. The highest BCUT2D eigenvalue weighted by atomic mass is 16.5. The van der Waals surface area contributed by atoms with Gasteiger partial charge in [0, 0.05) is 68.6 Å². The van der Waals surface area contributed by atoms with Gasteiger partial charge in [-0.2, -0.15) is 9.97 Å². The summed E-state index contributed by atoms with van der Waals surface area (Å²) in [5, 5.41) is 6.21. The zero-order valence-electron chi connectivity index (χ0n) is 22.7. The van der Waals surface area contributed by atoms with E-state index in [9.17, 15) is 0 Å². The zero-order chi connectivity index (χ0) is 25.9. The van der Waals surface area contributed by atoms with E-state index < -0.39 is 0 Å². The van der Waals surface area contributed by atoms with Crippen LogP contribution in [0, 0.1) is 0 Å². The fourth-order valence-corrected chi connectivity index (χ4v) is 6.24. The molecule has 38 heavy (non-hydrogen) atoms. The van der Waals surface area contributed by atoms with Crippen LogP contribution < -0.4 is 19.9 Å². The molecule has 1 N–H and O–H groups in total. The second-order valence-electron chi connectivity index (χ2n) is 10.9. The van der Waals surface area contributed by atoms with Gasteiger partial charge < -0.3 is 29.5 Å². The van der Waals surface area contributed by atoms with Crippen molar-refractivity contribution in [2.75, 3.05) is 69.9 Å². The summed E-state index contributed by atoms with van der Waals surface area (Å²) in [6, 6.07) is 16.6. The van der Waals surface area contributed by atoms with E-state index in [1.807, 2.05) is 0 Å². The molecule has 6 rings (SSSR count). The molecule has 0 amide bonds. The first-order chi connectivity index (χ1) is 18.7. The Morgan fingerprint density at radius 1 is 1.03 bits per heavy atom. The number of hydrogen-bond donors (Lipinski definition) is 1. The Labute approximate surface area is 225 Å². The van der Waals surface area contributed by atoms with Crippen LogP contribution in [0.5, 0.6) is 6.01 Å². The molecule has 2 aromatic carbocycles. The lowest BCUT2D eigenvalue weighted by molar-refractivity contribution is 0.180. The Morgan fingerprint density at radius 3 is 2.79 bits per heavy atom. The van der Waals surface area contributed by atoms with Crippen LogP contribution in [0.4, 0.5) is 11.5 Å². The summed E-state index contributed by atoms with van der Waals surface area (Å²) in [5.41, 5.74) is 3.64. The molecule has 2 saturated heterocycles. The third kappa shape index (κ3) is 5.30. The summed E-state index contributed by atoms with van der Waals surface area (Å²) < 4.78 is 11.7. The lowest BCUT2D eigenvalue weighted by Crippen LogP contribution is -2.52.